The zero-order chi connectivity index (χ0) is 15.9. The first-order chi connectivity index (χ1) is 11.3. The Morgan fingerprint density at radius 3 is 2.91 bits per heavy atom. The lowest BCUT2D eigenvalue weighted by Crippen LogP contribution is -2.24. The minimum Gasteiger partial charge on any atom is -0.445 e. The number of alkyl carbamates (subject to hydrolysis) is 1. The molecule has 3 rings (SSSR count). The highest BCUT2D eigenvalue weighted by atomic mass is 16.5. The van der Waals surface area contributed by atoms with Crippen molar-refractivity contribution in [3.8, 4) is 11.8 Å². The number of hydrogen-bond acceptors (Lipinski definition) is 3. The van der Waals surface area contributed by atoms with Gasteiger partial charge in [0.2, 0.25) is 0 Å². The van der Waals surface area contributed by atoms with Gasteiger partial charge in [0, 0.05) is 10.9 Å². The maximum absolute atomic E-state index is 11.6. The number of aromatic amines is 1. The van der Waals surface area contributed by atoms with Gasteiger partial charge in [-0.05, 0) is 17.7 Å². The summed E-state index contributed by atoms with van der Waals surface area (Å²) in [5, 5.41) is 10.5. The van der Waals surface area contributed by atoms with E-state index in [0.717, 1.165) is 22.0 Å². The summed E-state index contributed by atoms with van der Waals surface area (Å²) >= 11 is 0. The van der Waals surface area contributed by atoms with E-state index in [1.54, 1.807) is 6.20 Å². The Kier molecular flexibility index (Phi) is 4.55. The van der Waals surface area contributed by atoms with Crippen molar-refractivity contribution in [3.63, 3.8) is 0 Å². The number of benzene rings is 2. The predicted octanol–water partition coefficient (Wildman–Crippen LogP) is 2.84. The zero-order valence-electron chi connectivity index (χ0n) is 12.4. The van der Waals surface area contributed by atoms with Crippen molar-refractivity contribution in [2.75, 3.05) is 6.54 Å². The largest absolute Gasteiger partial charge is 0.445 e. The number of carbonyl (C=O) groups is 1. The van der Waals surface area contributed by atoms with Crippen molar-refractivity contribution in [1.82, 2.24) is 15.5 Å². The van der Waals surface area contributed by atoms with E-state index >= 15 is 0 Å². The third-order valence-electron chi connectivity index (χ3n) is 3.24. The van der Waals surface area contributed by atoms with Crippen molar-refractivity contribution < 1.29 is 9.53 Å². The number of aromatic nitrogens is 2. The molecule has 1 aromatic heterocycles. The maximum atomic E-state index is 11.6. The summed E-state index contributed by atoms with van der Waals surface area (Å²) < 4.78 is 5.11. The third-order valence-corrected chi connectivity index (χ3v) is 3.24. The predicted molar refractivity (Wildman–Crippen MR) is 87.6 cm³/mol. The van der Waals surface area contributed by atoms with Crippen LogP contribution in [0.4, 0.5) is 4.79 Å². The number of nitrogens with zero attached hydrogens (tertiary/aromatic N) is 1. The molecular weight excluding hydrogens is 290 g/mol. The topological polar surface area (TPSA) is 67.0 Å². The van der Waals surface area contributed by atoms with E-state index in [-0.39, 0.29) is 13.2 Å². The average Bonchev–Trinajstić information content (AvgIpc) is 3.07. The molecule has 0 unspecified atom stereocenters. The summed E-state index contributed by atoms with van der Waals surface area (Å²) in [5.41, 5.74) is 2.75. The van der Waals surface area contributed by atoms with Gasteiger partial charge in [-0.1, -0.05) is 48.2 Å². The number of rotatable bonds is 3. The molecule has 5 nitrogen and oxygen atoms in total. The Bertz CT molecular complexity index is 860. The zero-order valence-corrected chi connectivity index (χ0v) is 12.4. The lowest BCUT2D eigenvalue weighted by Gasteiger charge is -2.04. The van der Waals surface area contributed by atoms with Crippen molar-refractivity contribution in [2.45, 2.75) is 6.61 Å². The van der Waals surface area contributed by atoms with Gasteiger partial charge >= 0.3 is 6.09 Å². The van der Waals surface area contributed by atoms with Crippen LogP contribution in [0.3, 0.4) is 0 Å². The molecule has 0 radical (unpaired) electrons. The van der Waals surface area contributed by atoms with Gasteiger partial charge in [-0.2, -0.15) is 5.10 Å². The van der Waals surface area contributed by atoms with E-state index < -0.39 is 6.09 Å². The Morgan fingerprint density at radius 1 is 1.17 bits per heavy atom. The van der Waals surface area contributed by atoms with Crippen LogP contribution in [-0.4, -0.2) is 22.8 Å². The lowest BCUT2D eigenvalue weighted by atomic mass is 10.1. The quantitative estimate of drug-likeness (QED) is 0.731. The number of carbonyl (C=O) groups excluding carboxylic acids is 1. The first-order valence-corrected chi connectivity index (χ1v) is 7.18. The Morgan fingerprint density at radius 2 is 2.04 bits per heavy atom. The second-order valence-electron chi connectivity index (χ2n) is 4.85. The molecule has 0 fully saturated rings. The summed E-state index contributed by atoms with van der Waals surface area (Å²) in [7, 11) is 0. The Labute approximate surface area is 133 Å². The van der Waals surface area contributed by atoms with E-state index in [4.69, 9.17) is 4.74 Å². The highest BCUT2D eigenvalue weighted by molar-refractivity contribution is 5.84. The molecule has 5 heteroatoms. The Balaban J connectivity index is 1.50. The van der Waals surface area contributed by atoms with Gasteiger partial charge in [0.1, 0.15) is 6.61 Å². The van der Waals surface area contributed by atoms with Crippen LogP contribution >= 0.6 is 0 Å². The molecule has 0 bridgehead atoms. The fourth-order valence-corrected chi connectivity index (χ4v) is 2.11. The standard InChI is InChI=1S/C18H15N3O2/c22-18(23-13-14-6-2-1-3-7-14)19-11-5-9-15-8-4-10-17-16(15)12-20-21-17/h1-4,6-8,10,12H,11,13H2,(H,19,22)(H,20,21). The molecule has 0 aliphatic rings. The normalized spacial score (nSPS) is 9.91. The average molecular weight is 305 g/mol. The van der Waals surface area contributed by atoms with Gasteiger partial charge in [0.25, 0.3) is 0 Å². The van der Waals surface area contributed by atoms with E-state index in [0.29, 0.717) is 0 Å². The number of hydrogen-bond donors (Lipinski definition) is 2. The smallest absolute Gasteiger partial charge is 0.408 e. The lowest BCUT2D eigenvalue weighted by molar-refractivity contribution is 0.141. The molecule has 0 saturated carbocycles. The van der Waals surface area contributed by atoms with Crippen LogP contribution in [0.1, 0.15) is 11.1 Å². The second-order valence-corrected chi connectivity index (χ2v) is 4.85. The molecule has 0 spiro atoms. The number of ether oxygens (including phenoxy) is 1. The van der Waals surface area contributed by atoms with Crippen molar-refractivity contribution in [2.24, 2.45) is 0 Å². The summed E-state index contributed by atoms with van der Waals surface area (Å²) in [6.45, 7) is 0.469. The number of fused-ring (bicyclic) bond motifs is 1. The summed E-state index contributed by atoms with van der Waals surface area (Å²) in [4.78, 5) is 11.6. The minimum atomic E-state index is -0.482. The molecule has 23 heavy (non-hydrogen) atoms. The fourth-order valence-electron chi connectivity index (χ4n) is 2.11. The first-order valence-electron chi connectivity index (χ1n) is 7.18. The van der Waals surface area contributed by atoms with Crippen LogP contribution in [0.25, 0.3) is 10.9 Å². The van der Waals surface area contributed by atoms with Crippen LogP contribution in [0.2, 0.25) is 0 Å². The van der Waals surface area contributed by atoms with Crippen LogP contribution in [0.5, 0.6) is 0 Å². The van der Waals surface area contributed by atoms with Crippen molar-refractivity contribution in [1.29, 1.82) is 0 Å². The summed E-state index contributed by atoms with van der Waals surface area (Å²) in [6.07, 6.45) is 1.26. The fraction of sp³-hybridized carbons (Fsp3) is 0.111. The molecule has 0 aliphatic heterocycles. The van der Waals surface area contributed by atoms with E-state index in [1.165, 1.54) is 0 Å². The number of H-pyrrole nitrogens is 1. The molecule has 2 N–H and O–H groups in total. The van der Waals surface area contributed by atoms with Gasteiger partial charge < -0.3 is 10.1 Å². The first kappa shape index (κ1) is 14.7. The molecule has 0 saturated heterocycles. The van der Waals surface area contributed by atoms with Crippen LogP contribution in [-0.2, 0) is 11.3 Å². The molecule has 1 heterocycles. The van der Waals surface area contributed by atoms with Crippen LogP contribution < -0.4 is 5.32 Å². The van der Waals surface area contributed by atoms with Gasteiger partial charge in [-0.25, -0.2) is 4.79 Å². The van der Waals surface area contributed by atoms with E-state index in [1.807, 2.05) is 48.5 Å². The highest BCUT2D eigenvalue weighted by Gasteiger charge is 2.01. The SMILES string of the molecule is O=C(NCC#Cc1cccc2[nH]ncc12)OCc1ccccc1. The summed E-state index contributed by atoms with van der Waals surface area (Å²) in [5.74, 6) is 5.93. The minimum absolute atomic E-state index is 0.224. The molecule has 0 atom stereocenters. The van der Waals surface area contributed by atoms with Crippen LogP contribution in [0, 0.1) is 11.8 Å². The second kappa shape index (κ2) is 7.14. The van der Waals surface area contributed by atoms with Crippen molar-refractivity contribution in [3.05, 3.63) is 65.9 Å². The Hall–Kier alpha value is -3.26. The third kappa shape index (κ3) is 3.89. The van der Waals surface area contributed by atoms with Gasteiger partial charge in [-0.15, -0.1) is 0 Å². The van der Waals surface area contributed by atoms with E-state index in [2.05, 4.69) is 27.4 Å². The number of nitrogens with one attached hydrogen (secondary N) is 2. The van der Waals surface area contributed by atoms with Gasteiger partial charge in [-0.3, -0.25) is 5.10 Å². The van der Waals surface area contributed by atoms with Crippen molar-refractivity contribution >= 4 is 17.0 Å². The van der Waals surface area contributed by atoms with Crippen LogP contribution in [0.15, 0.2) is 54.7 Å². The summed E-state index contributed by atoms with van der Waals surface area (Å²) in [6, 6.07) is 15.3. The monoisotopic (exact) mass is 305 g/mol. The highest BCUT2D eigenvalue weighted by Crippen LogP contribution is 2.14. The molecule has 114 valence electrons. The van der Waals surface area contributed by atoms with Gasteiger partial charge in [0.05, 0.1) is 18.3 Å². The maximum Gasteiger partial charge on any atom is 0.408 e. The van der Waals surface area contributed by atoms with E-state index in [9.17, 15) is 4.79 Å². The van der Waals surface area contributed by atoms with Gasteiger partial charge in [0.15, 0.2) is 0 Å². The molecule has 3 aromatic rings. The molecule has 2 aromatic carbocycles. The molecular formula is C18H15N3O2. The number of amides is 1. The molecule has 0 aliphatic carbocycles. The molecule has 1 amide bonds.